The molecule has 0 heterocycles. The van der Waals surface area contributed by atoms with Crippen LogP contribution >= 0.6 is 0 Å². The van der Waals surface area contributed by atoms with E-state index in [1.165, 1.54) is 13.2 Å². The second kappa shape index (κ2) is 5.38. The lowest BCUT2D eigenvalue weighted by Crippen LogP contribution is -2.56. The van der Waals surface area contributed by atoms with Gasteiger partial charge in [-0.3, -0.25) is 0 Å². The van der Waals surface area contributed by atoms with E-state index in [1.807, 2.05) is 6.08 Å². The molecule has 1 N–H and O–H groups in total. The van der Waals surface area contributed by atoms with Crippen LogP contribution in [0.15, 0.2) is 12.2 Å². The van der Waals surface area contributed by atoms with Crippen molar-refractivity contribution in [3.63, 3.8) is 0 Å². The molecule has 0 aromatic rings. The van der Waals surface area contributed by atoms with Crippen LogP contribution in [0, 0.1) is 0 Å². The van der Waals surface area contributed by atoms with E-state index in [2.05, 4.69) is 33.9 Å². The van der Waals surface area contributed by atoms with Crippen LogP contribution in [0.4, 0.5) is 0 Å². The molecule has 110 valence electrons. The third-order valence-electron chi connectivity index (χ3n) is 4.21. The summed E-state index contributed by atoms with van der Waals surface area (Å²) in [6, 6.07) is 0. The standard InChI is InChI=1S/C14H26O4Si/c1-13(2,3)19(5,6)18-11-9-7-8-10-14(11,16)12(15)17-4/h8,10-11,16H,7,9H2,1-6H3/t11-,14-/m0/s1. The Labute approximate surface area is 116 Å². The predicted molar refractivity (Wildman–Crippen MR) is 77.4 cm³/mol. The van der Waals surface area contributed by atoms with Gasteiger partial charge in [-0.05, 0) is 37.0 Å². The molecule has 0 radical (unpaired) electrons. The van der Waals surface area contributed by atoms with Gasteiger partial charge < -0.3 is 14.3 Å². The van der Waals surface area contributed by atoms with Crippen molar-refractivity contribution in [3.8, 4) is 0 Å². The fourth-order valence-electron chi connectivity index (χ4n) is 1.88. The van der Waals surface area contributed by atoms with E-state index in [0.29, 0.717) is 6.42 Å². The zero-order valence-corrected chi connectivity index (χ0v) is 13.8. The second-order valence-corrected chi connectivity index (χ2v) is 11.4. The number of allylic oxidation sites excluding steroid dienone is 1. The minimum absolute atomic E-state index is 0.0329. The summed E-state index contributed by atoms with van der Waals surface area (Å²) >= 11 is 0. The summed E-state index contributed by atoms with van der Waals surface area (Å²) in [6.07, 6.45) is 4.24. The molecule has 0 aliphatic heterocycles. The van der Waals surface area contributed by atoms with Crippen molar-refractivity contribution in [2.24, 2.45) is 0 Å². The highest BCUT2D eigenvalue weighted by Gasteiger charge is 2.49. The molecule has 0 amide bonds. The first-order chi connectivity index (χ1) is 8.54. The van der Waals surface area contributed by atoms with Crippen molar-refractivity contribution in [3.05, 3.63) is 12.2 Å². The molecule has 0 fully saturated rings. The fraction of sp³-hybridized carbons (Fsp3) is 0.786. The summed E-state index contributed by atoms with van der Waals surface area (Å²) in [5.74, 6) is -0.646. The van der Waals surface area contributed by atoms with E-state index >= 15 is 0 Å². The van der Waals surface area contributed by atoms with Crippen molar-refractivity contribution in [1.82, 2.24) is 0 Å². The monoisotopic (exact) mass is 286 g/mol. The van der Waals surface area contributed by atoms with Gasteiger partial charge in [0.25, 0.3) is 0 Å². The molecule has 1 aliphatic carbocycles. The van der Waals surface area contributed by atoms with Gasteiger partial charge in [-0.2, -0.15) is 0 Å². The van der Waals surface area contributed by atoms with E-state index in [0.717, 1.165) is 6.42 Å². The number of rotatable bonds is 3. The Bertz CT molecular complexity index is 370. The summed E-state index contributed by atoms with van der Waals surface area (Å²) in [5, 5.41) is 10.6. The van der Waals surface area contributed by atoms with E-state index in [4.69, 9.17) is 9.16 Å². The van der Waals surface area contributed by atoms with Gasteiger partial charge in [-0.25, -0.2) is 4.79 Å². The predicted octanol–water partition coefficient (Wildman–Crippen LogP) is 2.63. The number of carbonyl (C=O) groups is 1. The van der Waals surface area contributed by atoms with Crippen LogP contribution in [0.1, 0.15) is 33.6 Å². The molecule has 0 spiro atoms. The van der Waals surface area contributed by atoms with Gasteiger partial charge in [-0.1, -0.05) is 26.8 Å². The van der Waals surface area contributed by atoms with Crippen LogP contribution in [-0.4, -0.2) is 38.2 Å². The number of methoxy groups -OCH3 is 1. The van der Waals surface area contributed by atoms with Crippen LogP contribution in [0.25, 0.3) is 0 Å². The molecule has 0 saturated carbocycles. The van der Waals surface area contributed by atoms with E-state index in [9.17, 15) is 9.90 Å². The van der Waals surface area contributed by atoms with Crippen molar-refractivity contribution in [1.29, 1.82) is 0 Å². The molecular weight excluding hydrogens is 260 g/mol. The minimum Gasteiger partial charge on any atom is -0.467 e. The molecule has 5 heteroatoms. The van der Waals surface area contributed by atoms with Crippen LogP contribution in [0.2, 0.25) is 18.1 Å². The molecule has 1 rings (SSSR count). The Morgan fingerprint density at radius 3 is 2.47 bits per heavy atom. The van der Waals surface area contributed by atoms with Crippen LogP contribution < -0.4 is 0 Å². The topological polar surface area (TPSA) is 55.8 Å². The number of carbonyl (C=O) groups excluding carboxylic acids is 1. The van der Waals surface area contributed by atoms with Gasteiger partial charge in [0.1, 0.15) is 0 Å². The molecular formula is C14H26O4Si. The highest BCUT2D eigenvalue weighted by Crippen LogP contribution is 2.40. The molecule has 0 aromatic carbocycles. The van der Waals surface area contributed by atoms with Crippen molar-refractivity contribution >= 4 is 14.3 Å². The Balaban J connectivity index is 2.99. The highest BCUT2D eigenvalue weighted by molar-refractivity contribution is 6.74. The highest BCUT2D eigenvalue weighted by atomic mass is 28.4. The molecule has 0 unspecified atom stereocenters. The third kappa shape index (κ3) is 3.27. The quantitative estimate of drug-likeness (QED) is 0.492. The van der Waals surface area contributed by atoms with Crippen molar-refractivity contribution < 1.29 is 19.1 Å². The van der Waals surface area contributed by atoms with Crippen molar-refractivity contribution in [2.75, 3.05) is 7.11 Å². The van der Waals surface area contributed by atoms with Crippen LogP contribution in [-0.2, 0) is 14.0 Å². The lowest BCUT2D eigenvalue weighted by Gasteiger charge is -2.43. The summed E-state index contributed by atoms with van der Waals surface area (Å²) in [5.41, 5.74) is -1.65. The molecule has 19 heavy (non-hydrogen) atoms. The molecule has 4 nitrogen and oxygen atoms in total. The normalized spacial score (nSPS) is 28.3. The summed E-state index contributed by atoms with van der Waals surface area (Å²) < 4.78 is 10.9. The first-order valence-electron chi connectivity index (χ1n) is 6.71. The van der Waals surface area contributed by atoms with Gasteiger partial charge in [0, 0.05) is 0 Å². The SMILES string of the molecule is COC(=O)[C@]1(O)C=CCC[C@@H]1O[Si](C)(C)C(C)(C)C. The summed E-state index contributed by atoms with van der Waals surface area (Å²) in [7, 11) is -0.758. The van der Waals surface area contributed by atoms with E-state index in [-0.39, 0.29) is 5.04 Å². The average Bonchev–Trinajstić information content (AvgIpc) is 2.29. The third-order valence-corrected chi connectivity index (χ3v) is 8.70. The number of hydrogen-bond donors (Lipinski definition) is 1. The molecule has 2 atom stereocenters. The zero-order valence-electron chi connectivity index (χ0n) is 12.8. The molecule has 0 saturated heterocycles. The van der Waals surface area contributed by atoms with Gasteiger partial charge in [-0.15, -0.1) is 0 Å². The number of aliphatic hydroxyl groups is 1. The lowest BCUT2D eigenvalue weighted by molar-refractivity contribution is -0.167. The van der Waals surface area contributed by atoms with E-state index in [1.54, 1.807) is 0 Å². The number of ether oxygens (including phenoxy) is 1. The minimum atomic E-state index is -2.04. The summed E-state index contributed by atoms with van der Waals surface area (Å²) in [4.78, 5) is 11.8. The smallest absolute Gasteiger partial charge is 0.344 e. The average molecular weight is 286 g/mol. The first kappa shape index (κ1) is 16.4. The maximum atomic E-state index is 11.8. The Kier molecular flexibility index (Phi) is 4.65. The Hall–Kier alpha value is -0.653. The fourth-order valence-corrected chi connectivity index (χ4v) is 3.24. The largest absolute Gasteiger partial charge is 0.467 e. The second-order valence-electron chi connectivity index (χ2n) is 6.66. The first-order valence-corrected chi connectivity index (χ1v) is 9.62. The van der Waals surface area contributed by atoms with Gasteiger partial charge in [0.15, 0.2) is 8.32 Å². The maximum absolute atomic E-state index is 11.8. The molecule has 0 bridgehead atoms. The summed E-state index contributed by atoms with van der Waals surface area (Å²) in [6.45, 7) is 10.6. The maximum Gasteiger partial charge on any atom is 0.344 e. The Morgan fingerprint density at radius 1 is 1.42 bits per heavy atom. The van der Waals surface area contributed by atoms with Gasteiger partial charge >= 0.3 is 5.97 Å². The zero-order chi connectivity index (χ0) is 14.9. The van der Waals surface area contributed by atoms with Gasteiger partial charge in [0.2, 0.25) is 5.60 Å². The Morgan fingerprint density at radius 2 is 2.00 bits per heavy atom. The van der Waals surface area contributed by atoms with E-state index < -0.39 is 26.0 Å². The lowest BCUT2D eigenvalue weighted by atomic mass is 9.88. The molecule has 1 aliphatic rings. The van der Waals surface area contributed by atoms with Crippen LogP contribution in [0.5, 0.6) is 0 Å². The van der Waals surface area contributed by atoms with Crippen molar-refractivity contribution in [2.45, 2.75) is 63.5 Å². The van der Waals surface area contributed by atoms with Crippen LogP contribution in [0.3, 0.4) is 0 Å². The number of esters is 1. The molecule has 0 aromatic heterocycles. The number of hydrogen-bond acceptors (Lipinski definition) is 4. The van der Waals surface area contributed by atoms with Gasteiger partial charge in [0.05, 0.1) is 13.2 Å².